The molecule has 1 aliphatic carbocycles. The summed E-state index contributed by atoms with van der Waals surface area (Å²) in [7, 11) is -3.41. The van der Waals surface area contributed by atoms with E-state index >= 15 is 0 Å². The summed E-state index contributed by atoms with van der Waals surface area (Å²) in [5, 5.41) is 2.84. The number of nitrogens with one attached hydrogen (secondary N) is 2. The Morgan fingerprint density at radius 3 is 2.31 bits per heavy atom. The van der Waals surface area contributed by atoms with Crippen LogP contribution in [0.2, 0.25) is 0 Å². The van der Waals surface area contributed by atoms with Gasteiger partial charge in [-0.25, -0.2) is 13.1 Å². The van der Waals surface area contributed by atoms with Crippen molar-refractivity contribution in [2.75, 3.05) is 11.9 Å². The number of Topliss-reactive ketones (excluding diaryl/α,β-unsaturated/α-hetero) is 2. The van der Waals surface area contributed by atoms with Crippen molar-refractivity contribution in [3.05, 3.63) is 28.3 Å². The number of ketones is 2. The molecule has 8 heteroatoms. The van der Waals surface area contributed by atoms with Crippen molar-refractivity contribution in [2.24, 2.45) is 5.92 Å². The first-order chi connectivity index (χ1) is 13.2. The van der Waals surface area contributed by atoms with Gasteiger partial charge in [-0.3, -0.25) is 14.4 Å². The van der Waals surface area contributed by atoms with Gasteiger partial charge in [0.05, 0.1) is 11.2 Å². The van der Waals surface area contributed by atoms with Crippen molar-refractivity contribution >= 4 is 33.2 Å². The molecule has 1 amide bonds. The van der Waals surface area contributed by atoms with Gasteiger partial charge in [-0.15, -0.1) is 0 Å². The molecule has 2 N–H and O–H groups in total. The Hall–Kier alpha value is -2.06. The molecule has 0 radical (unpaired) electrons. The van der Waals surface area contributed by atoms with Crippen LogP contribution in [-0.2, 0) is 14.8 Å². The topological polar surface area (TPSA) is 109 Å². The molecular formula is C21H30N2O5S. The van der Waals surface area contributed by atoms with E-state index in [9.17, 15) is 22.8 Å². The molecule has 1 aliphatic rings. The van der Waals surface area contributed by atoms with Crippen LogP contribution in [-0.4, -0.2) is 37.2 Å². The van der Waals surface area contributed by atoms with Gasteiger partial charge in [0.2, 0.25) is 15.9 Å². The van der Waals surface area contributed by atoms with E-state index in [0.717, 1.165) is 0 Å². The van der Waals surface area contributed by atoms with E-state index in [2.05, 4.69) is 10.0 Å². The van der Waals surface area contributed by atoms with Crippen LogP contribution in [0.25, 0.3) is 0 Å². The second kappa shape index (κ2) is 8.36. The summed E-state index contributed by atoms with van der Waals surface area (Å²) < 4.78 is 25.8. The molecule has 1 aromatic carbocycles. The lowest BCUT2D eigenvalue weighted by Crippen LogP contribution is -2.40. The Balaban J connectivity index is 1.98. The lowest BCUT2D eigenvalue weighted by Gasteiger charge is -2.20. The number of anilines is 1. The Morgan fingerprint density at radius 1 is 1.14 bits per heavy atom. The Labute approximate surface area is 172 Å². The van der Waals surface area contributed by atoms with Crippen molar-refractivity contribution in [3.63, 3.8) is 0 Å². The van der Waals surface area contributed by atoms with Crippen LogP contribution in [0.5, 0.6) is 0 Å². The molecule has 0 saturated carbocycles. The average molecular weight is 423 g/mol. The van der Waals surface area contributed by atoms with Crippen molar-refractivity contribution in [1.82, 2.24) is 4.72 Å². The van der Waals surface area contributed by atoms with Crippen LogP contribution in [0.15, 0.2) is 6.07 Å². The fourth-order valence-electron chi connectivity index (χ4n) is 3.35. The number of hydrogen-bond donors (Lipinski definition) is 2. The van der Waals surface area contributed by atoms with Gasteiger partial charge in [0.25, 0.3) is 0 Å². The molecule has 0 spiro atoms. The standard InChI is InChI=1S/C21H30N2O5S/c1-12(7-8-22-29(27,28)21(4,5)6)9-18(26)23-15-10-13(2)19-16(24)11-17(25)20(19)14(15)3/h10,12,22H,7-9,11H2,1-6H3,(H,23,26). The smallest absolute Gasteiger partial charge is 0.224 e. The lowest BCUT2D eigenvalue weighted by molar-refractivity contribution is -0.117. The van der Waals surface area contributed by atoms with E-state index in [1.54, 1.807) is 40.7 Å². The van der Waals surface area contributed by atoms with Crippen LogP contribution in [0.4, 0.5) is 5.69 Å². The van der Waals surface area contributed by atoms with Crippen LogP contribution >= 0.6 is 0 Å². The van der Waals surface area contributed by atoms with E-state index in [-0.39, 0.29) is 42.8 Å². The predicted molar refractivity (Wildman–Crippen MR) is 113 cm³/mol. The SMILES string of the molecule is Cc1cc(NC(=O)CC(C)CCNS(=O)(=O)C(C)(C)C)c(C)c2c1C(=O)CC2=O. The normalized spacial score (nSPS) is 15.4. The van der Waals surface area contributed by atoms with Crippen molar-refractivity contribution in [3.8, 4) is 0 Å². The average Bonchev–Trinajstić information content (AvgIpc) is 2.85. The third-order valence-corrected chi connectivity index (χ3v) is 7.40. The van der Waals surface area contributed by atoms with Gasteiger partial charge in [-0.05, 0) is 64.2 Å². The van der Waals surface area contributed by atoms with Crippen molar-refractivity contribution in [2.45, 2.75) is 65.6 Å². The molecule has 2 rings (SSSR count). The Morgan fingerprint density at radius 2 is 1.72 bits per heavy atom. The molecule has 0 fully saturated rings. The van der Waals surface area contributed by atoms with Gasteiger partial charge in [-0.1, -0.05) is 6.92 Å². The zero-order valence-electron chi connectivity index (χ0n) is 17.9. The highest BCUT2D eigenvalue weighted by Gasteiger charge is 2.32. The number of aryl methyl sites for hydroxylation is 1. The number of fused-ring (bicyclic) bond motifs is 1. The Kier molecular flexibility index (Phi) is 6.69. The summed E-state index contributed by atoms with van der Waals surface area (Å²) in [6, 6.07) is 1.73. The maximum atomic E-state index is 12.5. The molecule has 1 unspecified atom stereocenters. The maximum absolute atomic E-state index is 12.5. The molecule has 0 aromatic heterocycles. The number of benzene rings is 1. The third kappa shape index (κ3) is 5.11. The molecule has 29 heavy (non-hydrogen) atoms. The highest BCUT2D eigenvalue weighted by Crippen LogP contribution is 2.33. The fourth-order valence-corrected chi connectivity index (χ4v) is 4.17. The van der Waals surface area contributed by atoms with Gasteiger partial charge < -0.3 is 5.32 Å². The number of rotatable bonds is 7. The first-order valence-corrected chi connectivity index (χ1v) is 11.2. The third-order valence-electron chi connectivity index (χ3n) is 5.21. The monoisotopic (exact) mass is 422 g/mol. The summed E-state index contributed by atoms with van der Waals surface area (Å²) in [6.45, 7) is 10.5. The number of amides is 1. The second-order valence-corrected chi connectivity index (χ2v) is 11.3. The molecule has 1 aromatic rings. The van der Waals surface area contributed by atoms with Crippen LogP contribution in [0.1, 0.15) is 78.8 Å². The van der Waals surface area contributed by atoms with Gasteiger partial charge in [-0.2, -0.15) is 0 Å². The fraction of sp³-hybridized carbons (Fsp3) is 0.571. The molecule has 160 valence electrons. The van der Waals surface area contributed by atoms with Gasteiger partial charge in [0, 0.05) is 29.8 Å². The van der Waals surface area contributed by atoms with Crippen LogP contribution < -0.4 is 10.0 Å². The van der Waals surface area contributed by atoms with E-state index in [1.165, 1.54) is 0 Å². The quantitative estimate of drug-likeness (QED) is 0.656. The van der Waals surface area contributed by atoms with E-state index in [0.29, 0.717) is 34.4 Å². The van der Waals surface area contributed by atoms with Gasteiger partial charge >= 0.3 is 0 Å². The number of carbonyl (C=O) groups excluding carboxylic acids is 3. The molecule has 0 aliphatic heterocycles. The minimum Gasteiger partial charge on any atom is -0.326 e. The summed E-state index contributed by atoms with van der Waals surface area (Å²) in [6.07, 6.45) is 0.632. The minimum absolute atomic E-state index is 0.0308. The molecule has 0 bridgehead atoms. The molecule has 7 nitrogen and oxygen atoms in total. The Bertz CT molecular complexity index is 958. The number of sulfonamides is 1. The van der Waals surface area contributed by atoms with E-state index in [1.807, 2.05) is 6.92 Å². The second-order valence-electron chi connectivity index (χ2n) is 8.80. The predicted octanol–water partition coefficient (Wildman–Crippen LogP) is 3.15. The molecular weight excluding hydrogens is 392 g/mol. The van der Waals surface area contributed by atoms with Crippen molar-refractivity contribution < 1.29 is 22.8 Å². The summed E-state index contributed by atoms with van der Waals surface area (Å²) in [5.41, 5.74) is 2.71. The van der Waals surface area contributed by atoms with Gasteiger partial charge in [0.1, 0.15) is 0 Å². The number of hydrogen-bond acceptors (Lipinski definition) is 5. The van der Waals surface area contributed by atoms with E-state index < -0.39 is 14.8 Å². The minimum atomic E-state index is -3.41. The molecule has 1 atom stereocenters. The summed E-state index contributed by atoms with van der Waals surface area (Å²) in [5.74, 6) is -0.622. The largest absolute Gasteiger partial charge is 0.326 e. The first kappa shape index (κ1) is 23.2. The zero-order chi connectivity index (χ0) is 22.1. The first-order valence-electron chi connectivity index (χ1n) is 9.74. The lowest BCUT2D eigenvalue weighted by atomic mass is 9.96. The van der Waals surface area contributed by atoms with Crippen molar-refractivity contribution in [1.29, 1.82) is 0 Å². The summed E-state index contributed by atoms with van der Waals surface area (Å²) in [4.78, 5) is 36.6. The highest BCUT2D eigenvalue weighted by molar-refractivity contribution is 7.90. The van der Waals surface area contributed by atoms with Crippen LogP contribution in [0.3, 0.4) is 0 Å². The highest BCUT2D eigenvalue weighted by atomic mass is 32.2. The maximum Gasteiger partial charge on any atom is 0.224 e. The number of carbonyl (C=O) groups is 3. The summed E-state index contributed by atoms with van der Waals surface area (Å²) >= 11 is 0. The van der Waals surface area contributed by atoms with E-state index in [4.69, 9.17) is 0 Å². The molecule has 0 heterocycles. The van der Waals surface area contributed by atoms with Crippen LogP contribution in [0, 0.1) is 19.8 Å². The molecule has 0 saturated heterocycles. The zero-order valence-corrected chi connectivity index (χ0v) is 18.7. The van der Waals surface area contributed by atoms with Gasteiger partial charge in [0.15, 0.2) is 11.6 Å².